The molecule has 6 nitrogen and oxygen atoms in total. The summed E-state index contributed by atoms with van der Waals surface area (Å²) in [6.45, 7) is 5.12. The molecule has 0 saturated carbocycles. The minimum atomic E-state index is -0.154. The molecule has 1 aromatic carbocycles. The van der Waals surface area contributed by atoms with Crippen molar-refractivity contribution in [1.29, 1.82) is 0 Å². The normalized spacial score (nSPS) is 15.4. The van der Waals surface area contributed by atoms with E-state index >= 15 is 0 Å². The fourth-order valence-electron chi connectivity index (χ4n) is 2.35. The van der Waals surface area contributed by atoms with Crippen LogP contribution in [0.2, 0.25) is 0 Å². The molecule has 0 N–H and O–H groups in total. The van der Waals surface area contributed by atoms with Gasteiger partial charge in [0.25, 0.3) is 0 Å². The number of aromatic nitrogens is 3. The number of nitrogens with zero attached hydrogens (tertiary/aromatic N) is 5. The maximum atomic E-state index is 12.1. The van der Waals surface area contributed by atoms with Crippen molar-refractivity contribution in [3.63, 3.8) is 0 Å². The number of benzene rings is 1. The second-order valence-corrected chi connectivity index (χ2v) is 4.91. The van der Waals surface area contributed by atoms with Crippen LogP contribution in [0, 0.1) is 6.92 Å². The van der Waals surface area contributed by atoms with Crippen LogP contribution in [0.5, 0.6) is 0 Å². The molecule has 0 spiro atoms. The molecule has 0 atom stereocenters. The predicted octanol–water partition coefficient (Wildman–Crippen LogP) is 1.38. The number of rotatable bonds is 1. The van der Waals surface area contributed by atoms with E-state index in [1.54, 1.807) is 4.90 Å². The maximum Gasteiger partial charge on any atom is 0.362 e. The van der Waals surface area contributed by atoms with E-state index < -0.39 is 0 Å². The molecule has 3 rings (SSSR count). The van der Waals surface area contributed by atoms with E-state index in [1.165, 1.54) is 23.6 Å². The van der Waals surface area contributed by atoms with Gasteiger partial charge >= 0.3 is 6.03 Å². The van der Waals surface area contributed by atoms with Crippen LogP contribution in [0.3, 0.4) is 0 Å². The lowest BCUT2D eigenvalue weighted by Crippen LogP contribution is -2.50. The van der Waals surface area contributed by atoms with Crippen molar-refractivity contribution < 1.29 is 4.79 Å². The maximum absolute atomic E-state index is 12.1. The number of carbonyl (C=O) groups excluding carboxylic acids is 1. The minimum absolute atomic E-state index is 0.154. The highest BCUT2D eigenvalue weighted by Gasteiger charge is 2.23. The van der Waals surface area contributed by atoms with Gasteiger partial charge in [-0.3, -0.25) is 0 Å². The van der Waals surface area contributed by atoms with Gasteiger partial charge < -0.3 is 9.80 Å². The molecule has 1 saturated heterocycles. The summed E-state index contributed by atoms with van der Waals surface area (Å²) in [6, 6.07) is 8.32. The Bertz CT molecular complexity index is 570. The van der Waals surface area contributed by atoms with Crippen LogP contribution in [-0.4, -0.2) is 52.1 Å². The Labute approximate surface area is 117 Å². The Kier molecular flexibility index (Phi) is 3.37. The Morgan fingerprint density at radius 3 is 2.20 bits per heavy atom. The lowest BCUT2D eigenvalue weighted by molar-refractivity contribution is 0.189. The first-order chi connectivity index (χ1) is 9.74. The summed E-state index contributed by atoms with van der Waals surface area (Å²) in [4.78, 5) is 17.3. The Morgan fingerprint density at radius 2 is 1.60 bits per heavy atom. The van der Waals surface area contributed by atoms with Crippen LogP contribution in [-0.2, 0) is 0 Å². The third kappa shape index (κ3) is 2.49. The largest absolute Gasteiger partial charge is 0.368 e. The highest BCUT2D eigenvalue weighted by Crippen LogP contribution is 2.17. The second kappa shape index (κ2) is 5.32. The summed E-state index contributed by atoms with van der Waals surface area (Å²) in [5.74, 6) is 0. The summed E-state index contributed by atoms with van der Waals surface area (Å²) < 4.78 is 0. The first-order valence-corrected chi connectivity index (χ1v) is 6.71. The molecule has 6 heteroatoms. The molecule has 2 aromatic rings. The zero-order valence-corrected chi connectivity index (χ0v) is 11.4. The van der Waals surface area contributed by atoms with Crippen LogP contribution < -0.4 is 4.90 Å². The number of piperazine rings is 1. The summed E-state index contributed by atoms with van der Waals surface area (Å²) >= 11 is 0. The summed E-state index contributed by atoms with van der Waals surface area (Å²) in [5, 5.41) is 7.76. The monoisotopic (exact) mass is 271 g/mol. The van der Waals surface area contributed by atoms with Crippen LogP contribution in [0.1, 0.15) is 5.56 Å². The molecule has 0 bridgehead atoms. The number of hydrogen-bond acceptors (Lipinski definition) is 4. The van der Waals surface area contributed by atoms with Crippen molar-refractivity contribution >= 4 is 11.7 Å². The predicted molar refractivity (Wildman–Crippen MR) is 75.8 cm³/mol. The van der Waals surface area contributed by atoms with Crippen molar-refractivity contribution in [1.82, 2.24) is 19.9 Å². The molecule has 0 radical (unpaired) electrons. The second-order valence-electron chi connectivity index (χ2n) is 4.91. The van der Waals surface area contributed by atoms with Gasteiger partial charge in [0.2, 0.25) is 0 Å². The highest BCUT2D eigenvalue weighted by molar-refractivity contribution is 5.75. The molecule has 0 aliphatic carbocycles. The van der Waals surface area contributed by atoms with Gasteiger partial charge in [-0.2, -0.15) is 10.2 Å². The molecule has 104 valence electrons. The Balaban J connectivity index is 1.62. The van der Waals surface area contributed by atoms with Crippen molar-refractivity contribution in [2.75, 3.05) is 31.1 Å². The van der Waals surface area contributed by atoms with E-state index in [-0.39, 0.29) is 6.03 Å². The zero-order valence-electron chi connectivity index (χ0n) is 11.4. The molecule has 0 unspecified atom stereocenters. The van der Waals surface area contributed by atoms with Gasteiger partial charge in [0, 0.05) is 31.9 Å². The average Bonchev–Trinajstić information content (AvgIpc) is 3.02. The van der Waals surface area contributed by atoms with E-state index in [0.29, 0.717) is 13.1 Å². The molecule has 2 heterocycles. The fourth-order valence-corrected chi connectivity index (χ4v) is 2.35. The van der Waals surface area contributed by atoms with Crippen molar-refractivity contribution in [3.8, 4) is 0 Å². The molecule has 1 aromatic heterocycles. The Morgan fingerprint density at radius 1 is 1.00 bits per heavy atom. The van der Waals surface area contributed by atoms with Crippen molar-refractivity contribution in [2.45, 2.75) is 6.92 Å². The number of anilines is 1. The summed E-state index contributed by atoms with van der Waals surface area (Å²) in [7, 11) is 0. The van der Waals surface area contributed by atoms with Crippen LogP contribution in [0.4, 0.5) is 10.5 Å². The van der Waals surface area contributed by atoms with E-state index in [0.717, 1.165) is 17.9 Å². The average molecular weight is 271 g/mol. The van der Waals surface area contributed by atoms with E-state index in [4.69, 9.17) is 0 Å². The minimum Gasteiger partial charge on any atom is -0.368 e. The quantitative estimate of drug-likeness (QED) is 0.786. The molecule has 1 aliphatic heterocycles. The SMILES string of the molecule is Cc1ccc(N2CCN(C(=O)n3nccn3)CC2)cc1. The van der Waals surface area contributed by atoms with Crippen LogP contribution >= 0.6 is 0 Å². The molecular weight excluding hydrogens is 254 g/mol. The number of carbonyl (C=O) groups is 1. The van der Waals surface area contributed by atoms with Gasteiger partial charge in [-0.05, 0) is 19.1 Å². The molecule has 1 fully saturated rings. The van der Waals surface area contributed by atoms with E-state index in [9.17, 15) is 4.79 Å². The number of amides is 1. The van der Waals surface area contributed by atoms with Gasteiger partial charge in [0.05, 0.1) is 12.4 Å². The van der Waals surface area contributed by atoms with Gasteiger partial charge in [-0.25, -0.2) is 4.79 Å². The lowest BCUT2D eigenvalue weighted by atomic mass is 10.2. The highest BCUT2D eigenvalue weighted by atomic mass is 16.2. The first-order valence-electron chi connectivity index (χ1n) is 6.71. The topological polar surface area (TPSA) is 54.3 Å². The number of hydrogen-bond donors (Lipinski definition) is 0. The van der Waals surface area contributed by atoms with E-state index in [1.807, 2.05) is 0 Å². The molecule has 20 heavy (non-hydrogen) atoms. The van der Waals surface area contributed by atoms with Gasteiger partial charge in [0.1, 0.15) is 0 Å². The van der Waals surface area contributed by atoms with Crippen molar-refractivity contribution in [2.24, 2.45) is 0 Å². The molecular formula is C14H17N5O. The first kappa shape index (κ1) is 12.7. The van der Waals surface area contributed by atoms with Gasteiger partial charge in [-0.15, -0.1) is 0 Å². The summed E-state index contributed by atoms with van der Waals surface area (Å²) in [6.07, 6.45) is 3.03. The Hall–Kier alpha value is -2.37. The van der Waals surface area contributed by atoms with Gasteiger partial charge in [0.15, 0.2) is 0 Å². The standard InChI is InChI=1S/C14H17N5O/c1-12-2-4-13(5-3-12)17-8-10-18(11-9-17)14(20)19-15-6-7-16-19/h2-7H,8-11H2,1H3. The van der Waals surface area contributed by atoms with Crippen LogP contribution in [0.25, 0.3) is 0 Å². The molecule has 1 aliphatic rings. The third-order valence-electron chi connectivity index (χ3n) is 3.54. The van der Waals surface area contributed by atoms with Crippen LogP contribution in [0.15, 0.2) is 36.7 Å². The lowest BCUT2D eigenvalue weighted by Gasteiger charge is -2.35. The zero-order chi connectivity index (χ0) is 13.9. The van der Waals surface area contributed by atoms with Gasteiger partial charge in [-0.1, -0.05) is 22.5 Å². The van der Waals surface area contributed by atoms with E-state index in [2.05, 4.69) is 46.3 Å². The summed E-state index contributed by atoms with van der Waals surface area (Å²) in [5.41, 5.74) is 2.47. The number of aryl methyl sites for hydroxylation is 1. The van der Waals surface area contributed by atoms with Crippen molar-refractivity contribution in [3.05, 3.63) is 42.2 Å². The molecule has 1 amide bonds. The fraction of sp³-hybridized carbons (Fsp3) is 0.357. The smallest absolute Gasteiger partial charge is 0.362 e. The third-order valence-corrected chi connectivity index (χ3v) is 3.54.